The summed E-state index contributed by atoms with van der Waals surface area (Å²) in [4.78, 5) is 3.93. The Morgan fingerprint density at radius 3 is 2.80 bits per heavy atom. The fourth-order valence-electron chi connectivity index (χ4n) is 2.45. The summed E-state index contributed by atoms with van der Waals surface area (Å²) in [5, 5.41) is 0. The Balaban J connectivity index is 2.05. The minimum absolute atomic E-state index is 0.271. The van der Waals surface area contributed by atoms with E-state index in [0.717, 1.165) is 18.4 Å². The van der Waals surface area contributed by atoms with E-state index in [4.69, 9.17) is 5.73 Å². The molecule has 0 saturated carbocycles. The lowest BCUT2D eigenvalue weighted by molar-refractivity contribution is 0.255. The fraction of sp³-hybridized carbons (Fsp3) is 0.615. The molecule has 20 heavy (non-hydrogen) atoms. The lowest BCUT2D eigenvalue weighted by Crippen LogP contribution is -2.47. The van der Waals surface area contributed by atoms with Gasteiger partial charge in [0.05, 0.1) is 0 Å². The lowest BCUT2D eigenvalue weighted by atomic mass is 10.0. The molecule has 1 unspecified atom stereocenters. The van der Waals surface area contributed by atoms with Gasteiger partial charge in [0, 0.05) is 39.1 Å². The van der Waals surface area contributed by atoms with E-state index in [0.29, 0.717) is 26.2 Å². The van der Waals surface area contributed by atoms with Gasteiger partial charge >= 0.3 is 0 Å². The maximum absolute atomic E-state index is 12.5. The minimum atomic E-state index is -3.41. The highest BCUT2D eigenvalue weighted by atomic mass is 32.2. The van der Waals surface area contributed by atoms with E-state index < -0.39 is 10.2 Å². The van der Waals surface area contributed by atoms with Crippen molar-refractivity contribution in [2.45, 2.75) is 19.4 Å². The third-order valence-corrected chi connectivity index (χ3v) is 5.59. The van der Waals surface area contributed by atoms with Crippen LogP contribution in [0.15, 0.2) is 24.5 Å². The van der Waals surface area contributed by atoms with Crippen LogP contribution in [-0.2, 0) is 16.8 Å². The summed E-state index contributed by atoms with van der Waals surface area (Å²) in [5.41, 5.74) is 6.60. The monoisotopic (exact) mass is 298 g/mol. The first-order chi connectivity index (χ1) is 9.54. The normalized spacial score (nSPS) is 21.2. The van der Waals surface area contributed by atoms with Gasteiger partial charge in [0.2, 0.25) is 0 Å². The molecule has 1 saturated heterocycles. The Morgan fingerprint density at radius 1 is 1.45 bits per heavy atom. The van der Waals surface area contributed by atoms with Gasteiger partial charge in [0.1, 0.15) is 0 Å². The third kappa shape index (κ3) is 3.54. The largest absolute Gasteiger partial charge is 0.330 e. The van der Waals surface area contributed by atoms with Gasteiger partial charge < -0.3 is 5.73 Å². The van der Waals surface area contributed by atoms with Gasteiger partial charge in [0.25, 0.3) is 10.2 Å². The molecule has 112 valence electrons. The van der Waals surface area contributed by atoms with E-state index in [1.807, 2.05) is 12.1 Å². The number of hydrogen-bond donors (Lipinski definition) is 1. The van der Waals surface area contributed by atoms with Crippen molar-refractivity contribution in [3.63, 3.8) is 0 Å². The summed E-state index contributed by atoms with van der Waals surface area (Å²) in [6.07, 6.45) is 5.23. The van der Waals surface area contributed by atoms with Crippen molar-refractivity contribution < 1.29 is 8.42 Å². The van der Waals surface area contributed by atoms with Crippen LogP contribution in [0, 0.1) is 5.92 Å². The van der Waals surface area contributed by atoms with Crippen molar-refractivity contribution in [1.82, 2.24) is 13.6 Å². The Morgan fingerprint density at radius 2 is 2.15 bits per heavy atom. The highest BCUT2D eigenvalue weighted by molar-refractivity contribution is 7.86. The minimum Gasteiger partial charge on any atom is -0.330 e. The quantitative estimate of drug-likeness (QED) is 0.855. The average molecular weight is 298 g/mol. The predicted octanol–water partition coefficient (Wildman–Crippen LogP) is 0.429. The number of aromatic nitrogens is 1. The van der Waals surface area contributed by atoms with Gasteiger partial charge in [-0.15, -0.1) is 0 Å². The number of rotatable bonds is 5. The van der Waals surface area contributed by atoms with Gasteiger partial charge in [-0.25, -0.2) is 0 Å². The molecule has 0 aliphatic carbocycles. The summed E-state index contributed by atoms with van der Waals surface area (Å²) in [6, 6.07) is 3.65. The molecule has 0 spiro atoms. The molecule has 1 fully saturated rings. The van der Waals surface area contributed by atoms with E-state index in [1.165, 1.54) is 4.31 Å². The summed E-state index contributed by atoms with van der Waals surface area (Å²) in [5.74, 6) is 0.271. The molecule has 6 nitrogen and oxygen atoms in total. The summed E-state index contributed by atoms with van der Waals surface area (Å²) in [6.45, 7) is 2.01. The molecule has 2 heterocycles. The smallest absolute Gasteiger partial charge is 0.282 e. The first kappa shape index (κ1) is 15.4. The van der Waals surface area contributed by atoms with E-state index in [-0.39, 0.29) is 5.92 Å². The third-order valence-electron chi connectivity index (χ3n) is 3.69. The number of pyridine rings is 1. The van der Waals surface area contributed by atoms with E-state index in [2.05, 4.69) is 4.98 Å². The Kier molecular flexibility index (Phi) is 5.09. The molecule has 1 atom stereocenters. The van der Waals surface area contributed by atoms with Crippen LogP contribution >= 0.6 is 0 Å². The van der Waals surface area contributed by atoms with Crippen LogP contribution < -0.4 is 5.73 Å². The van der Waals surface area contributed by atoms with Gasteiger partial charge in [-0.05, 0) is 43.0 Å². The molecule has 1 aliphatic rings. The van der Waals surface area contributed by atoms with Crippen LogP contribution in [-0.4, -0.2) is 48.7 Å². The molecule has 0 bridgehead atoms. The topological polar surface area (TPSA) is 79.5 Å². The Hall–Kier alpha value is -1.02. The second-order valence-electron chi connectivity index (χ2n) is 5.22. The molecule has 7 heteroatoms. The highest BCUT2D eigenvalue weighted by Gasteiger charge is 2.31. The molecule has 0 aromatic carbocycles. The molecule has 2 rings (SSSR count). The summed E-state index contributed by atoms with van der Waals surface area (Å²) >= 11 is 0. The zero-order valence-corrected chi connectivity index (χ0v) is 12.6. The fourth-order valence-corrected chi connectivity index (χ4v) is 3.92. The van der Waals surface area contributed by atoms with Crippen molar-refractivity contribution in [1.29, 1.82) is 0 Å². The van der Waals surface area contributed by atoms with Crippen LogP contribution in [0.2, 0.25) is 0 Å². The van der Waals surface area contributed by atoms with Crippen molar-refractivity contribution in [3.05, 3.63) is 30.1 Å². The highest BCUT2D eigenvalue weighted by Crippen LogP contribution is 2.20. The molecule has 2 N–H and O–H groups in total. The van der Waals surface area contributed by atoms with Crippen LogP contribution in [0.3, 0.4) is 0 Å². The Labute approximate surface area is 120 Å². The van der Waals surface area contributed by atoms with Gasteiger partial charge in [0.15, 0.2) is 0 Å². The van der Waals surface area contributed by atoms with E-state index in [1.54, 1.807) is 23.7 Å². The van der Waals surface area contributed by atoms with Crippen LogP contribution in [0.5, 0.6) is 0 Å². The van der Waals surface area contributed by atoms with Gasteiger partial charge in [-0.3, -0.25) is 4.98 Å². The van der Waals surface area contributed by atoms with E-state index in [9.17, 15) is 8.42 Å². The zero-order valence-electron chi connectivity index (χ0n) is 11.8. The molecule has 0 amide bonds. The van der Waals surface area contributed by atoms with Crippen molar-refractivity contribution in [2.24, 2.45) is 11.7 Å². The first-order valence-corrected chi connectivity index (χ1v) is 8.24. The molecule has 1 aliphatic heterocycles. The van der Waals surface area contributed by atoms with Crippen LogP contribution in [0.1, 0.15) is 18.4 Å². The SMILES string of the molecule is CN(Cc1ccncc1)S(=O)(=O)N1CCCC(CN)C1. The van der Waals surface area contributed by atoms with Gasteiger partial charge in [-0.2, -0.15) is 17.0 Å². The standard InChI is InChI=1S/C13H22N4O2S/c1-16(10-12-4-6-15-7-5-12)20(18,19)17-8-2-3-13(9-14)11-17/h4-7,13H,2-3,8-11,14H2,1H3. The van der Waals surface area contributed by atoms with Crippen molar-refractivity contribution in [2.75, 3.05) is 26.7 Å². The maximum atomic E-state index is 12.5. The average Bonchev–Trinajstić information content (AvgIpc) is 2.48. The number of nitrogens with zero attached hydrogens (tertiary/aromatic N) is 3. The second-order valence-corrected chi connectivity index (χ2v) is 7.26. The molecular formula is C13H22N4O2S. The van der Waals surface area contributed by atoms with Gasteiger partial charge in [-0.1, -0.05) is 0 Å². The van der Waals surface area contributed by atoms with Crippen LogP contribution in [0.25, 0.3) is 0 Å². The van der Waals surface area contributed by atoms with E-state index >= 15 is 0 Å². The predicted molar refractivity (Wildman–Crippen MR) is 78.0 cm³/mol. The molecule has 1 aromatic rings. The molecule has 1 aromatic heterocycles. The molecular weight excluding hydrogens is 276 g/mol. The number of hydrogen-bond acceptors (Lipinski definition) is 4. The maximum Gasteiger partial charge on any atom is 0.282 e. The number of piperidine rings is 1. The summed E-state index contributed by atoms with van der Waals surface area (Å²) in [7, 11) is -1.80. The lowest BCUT2D eigenvalue weighted by Gasteiger charge is -2.34. The molecule has 0 radical (unpaired) electrons. The first-order valence-electron chi connectivity index (χ1n) is 6.84. The Bertz CT molecular complexity index is 520. The summed E-state index contributed by atoms with van der Waals surface area (Å²) < 4.78 is 28.0. The zero-order chi connectivity index (χ0) is 14.6. The number of nitrogens with two attached hydrogens (primary N) is 1. The second kappa shape index (κ2) is 6.62. The van der Waals surface area contributed by atoms with Crippen LogP contribution in [0.4, 0.5) is 0 Å². The van der Waals surface area contributed by atoms with Crippen molar-refractivity contribution >= 4 is 10.2 Å². The van der Waals surface area contributed by atoms with Crippen molar-refractivity contribution in [3.8, 4) is 0 Å².